The maximum atomic E-state index is 12.6. The number of piperidine rings is 1. The summed E-state index contributed by atoms with van der Waals surface area (Å²) in [6, 6.07) is 4.88. The number of thioether (sulfide) groups is 1. The van der Waals surface area contributed by atoms with Gasteiger partial charge in [-0.2, -0.15) is 11.8 Å². The Labute approximate surface area is 149 Å². The van der Waals surface area contributed by atoms with E-state index in [0.29, 0.717) is 11.3 Å². The molecule has 24 heavy (non-hydrogen) atoms. The van der Waals surface area contributed by atoms with E-state index in [-0.39, 0.29) is 12.1 Å². The molecule has 3 heterocycles. The minimum atomic E-state index is 0.113. The average molecular weight is 349 g/mol. The third kappa shape index (κ3) is 3.97. The molecule has 0 aliphatic carbocycles. The molecular formula is C18H28N4OS. The van der Waals surface area contributed by atoms with Gasteiger partial charge in [-0.15, -0.1) is 0 Å². The molecule has 2 aliphatic heterocycles. The summed E-state index contributed by atoms with van der Waals surface area (Å²) in [6.45, 7) is 9.17. The molecule has 2 saturated heterocycles. The van der Waals surface area contributed by atoms with Gasteiger partial charge >= 0.3 is 6.03 Å². The number of hydrogen-bond acceptors (Lipinski definition) is 4. The number of aryl methyl sites for hydroxylation is 1. The van der Waals surface area contributed by atoms with Gasteiger partial charge in [-0.1, -0.05) is 13.0 Å². The van der Waals surface area contributed by atoms with Crippen LogP contribution >= 0.6 is 11.8 Å². The van der Waals surface area contributed by atoms with E-state index in [4.69, 9.17) is 0 Å². The first-order valence-corrected chi connectivity index (χ1v) is 9.96. The van der Waals surface area contributed by atoms with Crippen LogP contribution in [0.5, 0.6) is 0 Å². The first kappa shape index (κ1) is 17.4. The molecule has 2 amide bonds. The van der Waals surface area contributed by atoms with Crippen molar-refractivity contribution in [3.05, 3.63) is 23.9 Å². The Morgan fingerprint density at radius 3 is 2.67 bits per heavy atom. The van der Waals surface area contributed by atoms with Crippen LogP contribution in [0, 0.1) is 6.92 Å². The molecule has 5 nitrogen and oxygen atoms in total. The van der Waals surface area contributed by atoms with Crippen molar-refractivity contribution in [1.29, 1.82) is 0 Å². The summed E-state index contributed by atoms with van der Waals surface area (Å²) in [5.74, 6) is 2.08. The molecule has 1 aromatic heterocycles. The standard InChI is InChI=1S/C18H28N4OS/c1-13-4-5-17(19-12-13)21-8-6-16(7-9-21)20-18(23)22-10-11-24-15(3)14(22)2/h4-5,12,14-16H,6-11H2,1-3H3,(H,20,23)/t14-,15-/m1/s1. The number of nitrogens with one attached hydrogen (secondary N) is 1. The van der Waals surface area contributed by atoms with E-state index in [0.717, 1.165) is 44.0 Å². The van der Waals surface area contributed by atoms with Crippen LogP contribution in [0.1, 0.15) is 32.3 Å². The van der Waals surface area contributed by atoms with E-state index in [2.05, 4.69) is 48.1 Å². The van der Waals surface area contributed by atoms with E-state index in [9.17, 15) is 4.79 Å². The van der Waals surface area contributed by atoms with Gasteiger partial charge in [0.2, 0.25) is 0 Å². The minimum absolute atomic E-state index is 0.113. The van der Waals surface area contributed by atoms with Crippen LogP contribution in [-0.2, 0) is 0 Å². The number of amides is 2. The quantitative estimate of drug-likeness (QED) is 0.893. The van der Waals surface area contributed by atoms with E-state index in [1.807, 2.05) is 22.9 Å². The van der Waals surface area contributed by atoms with E-state index < -0.39 is 0 Å². The Hall–Kier alpha value is -1.43. The van der Waals surface area contributed by atoms with Crippen molar-refractivity contribution in [1.82, 2.24) is 15.2 Å². The monoisotopic (exact) mass is 348 g/mol. The van der Waals surface area contributed by atoms with Gasteiger partial charge in [-0.05, 0) is 38.3 Å². The van der Waals surface area contributed by atoms with Gasteiger partial charge in [0.15, 0.2) is 0 Å². The maximum absolute atomic E-state index is 12.6. The van der Waals surface area contributed by atoms with Crippen LogP contribution in [0.2, 0.25) is 0 Å². The molecule has 1 N–H and O–H groups in total. The van der Waals surface area contributed by atoms with Crippen LogP contribution in [0.4, 0.5) is 10.6 Å². The Kier molecular flexibility index (Phi) is 5.54. The lowest BCUT2D eigenvalue weighted by Gasteiger charge is -2.39. The van der Waals surface area contributed by atoms with Crippen LogP contribution in [0.15, 0.2) is 18.3 Å². The molecule has 6 heteroatoms. The zero-order valence-electron chi connectivity index (χ0n) is 14.9. The number of hydrogen-bond donors (Lipinski definition) is 1. The number of anilines is 1. The summed E-state index contributed by atoms with van der Waals surface area (Å²) < 4.78 is 0. The maximum Gasteiger partial charge on any atom is 0.317 e. The third-order valence-electron chi connectivity index (χ3n) is 5.19. The number of nitrogens with zero attached hydrogens (tertiary/aromatic N) is 3. The molecular weight excluding hydrogens is 320 g/mol. The fraction of sp³-hybridized carbons (Fsp3) is 0.667. The second kappa shape index (κ2) is 7.64. The van der Waals surface area contributed by atoms with Crippen LogP contribution in [0.3, 0.4) is 0 Å². The molecule has 0 spiro atoms. The zero-order chi connectivity index (χ0) is 17.1. The molecule has 2 atom stereocenters. The molecule has 2 fully saturated rings. The minimum Gasteiger partial charge on any atom is -0.356 e. The lowest BCUT2D eigenvalue weighted by atomic mass is 10.1. The molecule has 3 rings (SSSR count). The molecule has 0 radical (unpaired) electrons. The first-order chi connectivity index (χ1) is 11.5. The summed E-state index contributed by atoms with van der Waals surface area (Å²) in [7, 11) is 0. The van der Waals surface area contributed by atoms with E-state index >= 15 is 0 Å². The molecule has 0 aromatic carbocycles. The summed E-state index contributed by atoms with van der Waals surface area (Å²) in [4.78, 5) is 21.4. The predicted octanol–water partition coefficient (Wildman–Crippen LogP) is 2.89. The smallest absolute Gasteiger partial charge is 0.317 e. The first-order valence-electron chi connectivity index (χ1n) is 8.91. The van der Waals surface area contributed by atoms with Crippen molar-refractivity contribution in [2.24, 2.45) is 0 Å². The van der Waals surface area contributed by atoms with E-state index in [1.54, 1.807) is 0 Å². The fourth-order valence-electron chi connectivity index (χ4n) is 3.38. The highest BCUT2D eigenvalue weighted by Gasteiger charge is 2.30. The van der Waals surface area contributed by atoms with Crippen molar-refractivity contribution in [2.75, 3.05) is 30.3 Å². The molecule has 0 bridgehead atoms. The zero-order valence-corrected chi connectivity index (χ0v) is 15.7. The second-order valence-corrected chi connectivity index (χ2v) is 8.40. The second-order valence-electron chi connectivity index (χ2n) is 6.91. The predicted molar refractivity (Wildman–Crippen MR) is 101 cm³/mol. The SMILES string of the molecule is Cc1ccc(N2CCC(NC(=O)N3CCS[C@H](C)[C@H]3C)CC2)nc1. The Morgan fingerprint density at radius 2 is 2.00 bits per heavy atom. The number of rotatable bonds is 2. The van der Waals surface area contributed by atoms with Gasteiger partial charge in [0, 0.05) is 48.9 Å². The summed E-state index contributed by atoms with van der Waals surface area (Å²) in [6.07, 6.45) is 3.88. The highest BCUT2D eigenvalue weighted by atomic mass is 32.2. The topological polar surface area (TPSA) is 48.5 Å². The average Bonchev–Trinajstić information content (AvgIpc) is 2.59. The number of carbonyl (C=O) groups is 1. The van der Waals surface area contributed by atoms with Gasteiger partial charge < -0.3 is 15.1 Å². The van der Waals surface area contributed by atoms with E-state index in [1.165, 1.54) is 5.56 Å². The Morgan fingerprint density at radius 1 is 1.25 bits per heavy atom. The highest BCUT2D eigenvalue weighted by Crippen LogP contribution is 2.24. The lowest BCUT2D eigenvalue weighted by molar-refractivity contribution is 0.174. The number of carbonyl (C=O) groups excluding carboxylic acids is 1. The summed E-state index contributed by atoms with van der Waals surface area (Å²) in [5, 5.41) is 3.76. The normalized spacial score (nSPS) is 25.6. The van der Waals surface area contributed by atoms with Gasteiger partial charge in [0.25, 0.3) is 0 Å². The lowest BCUT2D eigenvalue weighted by Crippen LogP contribution is -2.55. The number of pyridine rings is 1. The summed E-state index contributed by atoms with van der Waals surface area (Å²) >= 11 is 1.96. The molecule has 0 unspecified atom stereocenters. The molecule has 1 aromatic rings. The van der Waals surface area contributed by atoms with Crippen molar-refractivity contribution >= 4 is 23.6 Å². The molecule has 132 valence electrons. The summed E-state index contributed by atoms with van der Waals surface area (Å²) in [5.41, 5.74) is 1.18. The Bertz CT molecular complexity index is 557. The largest absolute Gasteiger partial charge is 0.356 e. The van der Waals surface area contributed by atoms with Crippen LogP contribution < -0.4 is 10.2 Å². The van der Waals surface area contributed by atoms with Crippen LogP contribution in [0.25, 0.3) is 0 Å². The van der Waals surface area contributed by atoms with Gasteiger partial charge in [-0.3, -0.25) is 0 Å². The third-order valence-corrected chi connectivity index (χ3v) is 6.53. The van der Waals surface area contributed by atoms with Crippen molar-refractivity contribution in [2.45, 2.75) is 50.9 Å². The van der Waals surface area contributed by atoms with Gasteiger partial charge in [0.1, 0.15) is 5.82 Å². The molecule has 0 saturated carbocycles. The van der Waals surface area contributed by atoms with Crippen molar-refractivity contribution in [3.63, 3.8) is 0 Å². The van der Waals surface area contributed by atoms with Gasteiger partial charge in [0.05, 0.1) is 0 Å². The van der Waals surface area contributed by atoms with Crippen molar-refractivity contribution < 1.29 is 4.79 Å². The number of urea groups is 1. The Balaban J connectivity index is 1.50. The molecule has 2 aliphatic rings. The van der Waals surface area contributed by atoms with Gasteiger partial charge in [-0.25, -0.2) is 9.78 Å². The highest BCUT2D eigenvalue weighted by molar-refractivity contribution is 8.00. The van der Waals surface area contributed by atoms with Crippen molar-refractivity contribution in [3.8, 4) is 0 Å². The van der Waals surface area contributed by atoms with Crippen LogP contribution in [-0.4, -0.2) is 58.6 Å². The fourth-order valence-corrected chi connectivity index (χ4v) is 4.48. The number of aromatic nitrogens is 1.